The number of halogens is 1. The van der Waals surface area contributed by atoms with Crippen LogP contribution in [0.1, 0.15) is 26.7 Å². The lowest BCUT2D eigenvalue weighted by Crippen LogP contribution is -2.55. The minimum atomic E-state index is -0.474. The van der Waals surface area contributed by atoms with E-state index in [1.54, 1.807) is 6.20 Å². The van der Waals surface area contributed by atoms with Gasteiger partial charge in [0.1, 0.15) is 5.54 Å². The van der Waals surface area contributed by atoms with E-state index in [1.165, 1.54) is 0 Å². The van der Waals surface area contributed by atoms with E-state index in [9.17, 15) is 4.79 Å². The average Bonchev–Trinajstić information content (AvgIpc) is 3.10. The van der Waals surface area contributed by atoms with Crippen LogP contribution < -0.4 is 5.32 Å². The smallest absolute Gasteiger partial charge is 0.250 e. The van der Waals surface area contributed by atoms with Gasteiger partial charge in [-0.2, -0.15) is 5.10 Å². The van der Waals surface area contributed by atoms with Gasteiger partial charge in [-0.15, -0.1) is 12.4 Å². The van der Waals surface area contributed by atoms with Crippen molar-refractivity contribution in [2.45, 2.75) is 32.2 Å². The molecular weight excluding hydrogens is 288 g/mol. The van der Waals surface area contributed by atoms with Crippen LogP contribution in [0.5, 0.6) is 0 Å². The van der Waals surface area contributed by atoms with Crippen LogP contribution in [0.3, 0.4) is 0 Å². The third-order valence-electron chi connectivity index (χ3n) is 5.05. The first-order chi connectivity index (χ1) is 9.63. The zero-order valence-corrected chi connectivity index (χ0v) is 13.6. The molecule has 21 heavy (non-hydrogen) atoms. The number of likely N-dealkylation sites (tertiary alicyclic amines) is 1. The zero-order chi connectivity index (χ0) is 14.2. The summed E-state index contributed by atoms with van der Waals surface area (Å²) in [6.45, 7) is 8.00. The second kappa shape index (κ2) is 6.36. The molecule has 0 bridgehead atoms. The topological polar surface area (TPSA) is 50.2 Å². The summed E-state index contributed by atoms with van der Waals surface area (Å²) in [6.07, 6.45) is 5.36. The lowest BCUT2D eigenvalue weighted by Gasteiger charge is -2.39. The molecule has 118 valence electrons. The molecule has 1 amide bonds. The maximum atomic E-state index is 13.1. The summed E-state index contributed by atoms with van der Waals surface area (Å²) >= 11 is 0. The van der Waals surface area contributed by atoms with E-state index >= 15 is 0 Å². The molecule has 2 unspecified atom stereocenters. The highest BCUT2D eigenvalue weighted by Gasteiger charge is 2.46. The van der Waals surface area contributed by atoms with Crippen molar-refractivity contribution in [3.8, 4) is 0 Å². The van der Waals surface area contributed by atoms with Gasteiger partial charge in [-0.05, 0) is 43.8 Å². The fourth-order valence-electron chi connectivity index (χ4n) is 3.49. The summed E-state index contributed by atoms with van der Waals surface area (Å²) in [5.41, 5.74) is -0.474. The normalized spacial score (nSPS) is 28.2. The summed E-state index contributed by atoms with van der Waals surface area (Å²) in [4.78, 5) is 15.2. The first-order valence-electron chi connectivity index (χ1n) is 7.64. The van der Waals surface area contributed by atoms with E-state index in [1.807, 2.05) is 16.9 Å². The summed E-state index contributed by atoms with van der Waals surface area (Å²) < 4.78 is 1.89. The highest BCUT2D eigenvalue weighted by Crippen LogP contribution is 2.32. The molecule has 3 heterocycles. The third kappa shape index (κ3) is 2.81. The van der Waals surface area contributed by atoms with Gasteiger partial charge in [0, 0.05) is 25.5 Å². The highest BCUT2D eigenvalue weighted by atomic mass is 35.5. The van der Waals surface area contributed by atoms with Gasteiger partial charge in [0.05, 0.1) is 0 Å². The van der Waals surface area contributed by atoms with Crippen LogP contribution in [-0.4, -0.2) is 46.8 Å². The molecule has 2 fully saturated rings. The Labute approximate surface area is 132 Å². The van der Waals surface area contributed by atoms with Gasteiger partial charge in [-0.3, -0.25) is 9.48 Å². The summed E-state index contributed by atoms with van der Waals surface area (Å²) in [5, 5.41) is 7.74. The van der Waals surface area contributed by atoms with E-state index in [2.05, 4.69) is 29.2 Å². The quantitative estimate of drug-likeness (QED) is 0.900. The van der Waals surface area contributed by atoms with Crippen LogP contribution in [-0.2, 0) is 10.3 Å². The van der Waals surface area contributed by atoms with Gasteiger partial charge in [0.25, 0.3) is 5.91 Å². The summed E-state index contributed by atoms with van der Waals surface area (Å²) in [6, 6.07) is 1.91. The molecule has 2 aliphatic rings. The minimum Gasteiger partial charge on any atom is -0.340 e. The molecule has 6 heteroatoms. The molecule has 1 aromatic rings. The van der Waals surface area contributed by atoms with E-state index in [0.717, 1.165) is 39.0 Å². The Kier molecular flexibility index (Phi) is 4.94. The lowest BCUT2D eigenvalue weighted by atomic mass is 9.87. The first-order valence-corrected chi connectivity index (χ1v) is 7.64. The van der Waals surface area contributed by atoms with Crippen molar-refractivity contribution in [2.75, 3.05) is 26.2 Å². The van der Waals surface area contributed by atoms with Crippen molar-refractivity contribution in [3.05, 3.63) is 18.5 Å². The predicted octanol–water partition coefficient (Wildman–Crippen LogP) is 1.50. The Balaban J connectivity index is 0.00000161. The van der Waals surface area contributed by atoms with Crippen molar-refractivity contribution >= 4 is 18.3 Å². The predicted molar refractivity (Wildman–Crippen MR) is 84.5 cm³/mol. The van der Waals surface area contributed by atoms with Gasteiger partial charge in [-0.1, -0.05) is 13.8 Å². The molecule has 0 aliphatic carbocycles. The Morgan fingerprint density at radius 3 is 2.38 bits per heavy atom. The first kappa shape index (κ1) is 16.3. The van der Waals surface area contributed by atoms with Crippen LogP contribution in [0.4, 0.5) is 0 Å². The van der Waals surface area contributed by atoms with Gasteiger partial charge >= 0.3 is 0 Å². The molecule has 5 nitrogen and oxygen atoms in total. The number of carbonyl (C=O) groups excluding carboxylic acids is 1. The van der Waals surface area contributed by atoms with Gasteiger partial charge in [0.2, 0.25) is 0 Å². The van der Waals surface area contributed by atoms with Crippen LogP contribution in [0.2, 0.25) is 0 Å². The van der Waals surface area contributed by atoms with E-state index in [0.29, 0.717) is 11.8 Å². The third-order valence-corrected chi connectivity index (χ3v) is 5.05. The fraction of sp³-hybridized carbons (Fsp3) is 0.733. The molecule has 2 atom stereocenters. The van der Waals surface area contributed by atoms with Gasteiger partial charge < -0.3 is 10.2 Å². The Morgan fingerprint density at radius 2 is 1.86 bits per heavy atom. The molecule has 1 aromatic heterocycles. The molecule has 2 saturated heterocycles. The number of nitrogens with one attached hydrogen (secondary N) is 1. The molecular formula is C15H25ClN4O. The van der Waals surface area contributed by atoms with Gasteiger partial charge in [0.15, 0.2) is 0 Å². The van der Waals surface area contributed by atoms with Crippen LogP contribution >= 0.6 is 12.4 Å². The van der Waals surface area contributed by atoms with Gasteiger partial charge in [-0.25, -0.2) is 0 Å². The Morgan fingerprint density at radius 1 is 1.24 bits per heavy atom. The summed E-state index contributed by atoms with van der Waals surface area (Å²) in [5.74, 6) is 1.45. The number of hydrogen-bond donors (Lipinski definition) is 1. The molecule has 2 aliphatic heterocycles. The number of amides is 1. The number of hydrogen-bond acceptors (Lipinski definition) is 3. The lowest BCUT2D eigenvalue weighted by molar-refractivity contribution is -0.142. The maximum absolute atomic E-state index is 13.1. The van der Waals surface area contributed by atoms with Crippen molar-refractivity contribution in [2.24, 2.45) is 11.8 Å². The fourth-order valence-corrected chi connectivity index (χ4v) is 3.49. The zero-order valence-electron chi connectivity index (χ0n) is 12.8. The van der Waals surface area contributed by atoms with E-state index < -0.39 is 5.54 Å². The Hall–Kier alpha value is -1.07. The SMILES string of the molecule is CC1CN(C(=O)C2(n3cccn3)CCNCC2)CC1C.Cl. The number of rotatable bonds is 2. The molecule has 0 radical (unpaired) electrons. The van der Waals surface area contributed by atoms with Crippen LogP contribution in [0.15, 0.2) is 18.5 Å². The standard InChI is InChI=1S/C15H24N4O.ClH/c1-12-10-18(11-13(12)2)14(20)15(4-7-16-8-5-15)19-9-3-6-17-19;/h3,6,9,12-13,16H,4-5,7-8,10-11H2,1-2H3;1H. The van der Waals surface area contributed by atoms with Crippen LogP contribution in [0.25, 0.3) is 0 Å². The maximum Gasteiger partial charge on any atom is 0.250 e. The van der Waals surface area contributed by atoms with E-state index in [-0.39, 0.29) is 18.3 Å². The molecule has 1 N–H and O–H groups in total. The van der Waals surface area contributed by atoms with Crippen molar-refractivity contribution in [3.63, 3.8) is 0 Å². The second-order valence-electron chi connectivity index (χ2n) is 6.40. The van der Waals surface area contributed by atoms with E-state index in [4.69, 9.17) is 0 Å². The van der Waals surface area contributed by atoms with Crippen molar-refractivity contribution in [1.82, 2.24) is 20.0 Å². The average molecular weight is 313 g/mol. The monoisotopic (exact) mass is 312 g/mol. The Bertz CT molecular complexity index is 460. The number of carbonyl (C=O) groups is 1. The summed E-state index contributed by atoms with van der Waals surface area (Å²) in [7, 11) is 0. The highest BCUT2D eigenvalue weighted by molar-refractivity contribution is 5.85. The molecule has 0 spiro atoms. The molecule has 0 aromatic carbocycles. The van der Waals surface area contributed by atoms with Crippen molar-refractivity contribution < 1.29 is 4.79 Å². The van der Waals surface area contributed by atoms with Crippen LogP contribution in [0, 0.1) is 11.8 Å². The minimum absolute atomic E-state index is 0. The second-order valence-corrected chi connectivity index (χ2v) is 6.40. The number of nitrogens with zero attached hydrogens (tertiary/aromatic N) is 3. The van der Waals surface area contributed by atoms with Crippen molar-refractivity contribution in [1.29, 1.82) is 0 Å². The number of piperidine rings is 1. The molecule has 3 rings (SSSR count). The number of aromatic nitrogens is 2. The molecule has 0 saturated carbocycles. The largest absolute Gasteiger partial charge is 0.340 e.